The number of rotatable bonds is 5. The molecule has 1 aliphatic carbocycles. The summed E-state index contributed by atoms with van der Waals surface area (Å²) in [5, 5.41) is 15.8. The number of fused-ring (bicyclic) bond motifs is 3. The van der Waals surface area contributed by atoms with Crippen LogP contribution in [0.2, 0.25) is 0 Å². The fourth-order valence-electron chi connectivity index (χ4n) is 4.77. The normalized spacial score (nSPS) is 27.7. The SMILES string of the molecule is CN(C)C(=O)C[C@H]1C[C@@H]2c3cc(NC(=O)NC4CCCC4)ccc3O[C@@H]2[C@@H](CO)O1. The van der Waals surface area contributed by atoms with E-state index in [4.69, 9.17) is 9.47 Å². The maximum Gasteiger partial charge on any atom is 0.319 e. The highest BCUT2D eigenvalue weighted by Crippen LogP contribution is 2.47. The summed E-state index contributed by atoms with van der Waals surface area (Å²) in [6, 6.07) is 5.69. The molecule has 2 aliphatic heterocycles. The van der Waals surface area contributed by atoms with Crippen LogP contribution in [0.3, 0.4) is 0 Å². The Morgan fingerprint density at radius 1 is 1.23 bits per heavy atom. The highest BCUT2D eigenvalue weighted by Gasteiger charge is 2.46. The van der Waals surface area contributed by atoms with E-state index in [-0.39, 0.29) is 49.1 Å². The molecular formula is C22H31N3O5. The summed E-state index contributed by atoms with van der Waals surface area (Å²) >= 11 is 0. The third kappa shape index (κ3) is 4.39. The van der Waals surface area contributed by atoms with Gasteiger partial charge in [-0.2, -0.15) is 0 Å². The molecule has 1 saturated carbocycles. The van der Waals surface area contributed by atoms with E-state index in [1.165, 1.54) is 0 Å². The minimum Gasteiger partial charge on any atom is -0.487 e. The van der Waals surface area contributed by atoms with Gasteiger partial charge >= 0.3 is 6.03 Å². The maximum atomic E-state index is 12.3. The first-order valence-corrected chi connectivity index (χ1v) is 10.8. The fraction of sp³-hybridized carbons (Fsp3) is 0.636. The Bertz CT molecular complexity index is 793. The van der Waals surface area contributed by atoms with Crippen LogP contribution in [0.25, 0.3) is 0 Å². The summed E-state index contributed by atoms with van der Waals surface area (Å²) in [7, 11) is 3.44. The maximum absolute atomic E-state index is 12.3. The predicted molar refractivity (Wildman–Crippen MR) is 112 cm³/mol. The van der Waals surface area contributed by atoms with E-state index >= 15 is 0 Å². The summed E-state index contributed by atoms with van der Waals surface area (Å²) in [6.45, 7) is -0.170. The molecule has 3 N–H and O–H groups in total. The smallest absolute Gasteiger partial charge is 0.319 e. The first-order chi connectivity index (χ1) is 14.4. The Hall–Kier alpha value is -2.32. The topological polar surface area (TPSA) is 100 Å². The van der Waals surface area contributed by atoms with Gasteiger partial charge in [0.15, 0.2) is 0 Å². The van der Waals surface area contributed by atoms with Gasteiger partial charge in [-0.1, -0.05) is 12.8 Å². The fourth-order valence-corrected chi connectivity index (χ4v) is 4.77. The summed E-state index contributed by atoms with van der Waals surface area (Å²) in [5.74, 6) is 0.743. The molecule has 0 bridgehead atoms. The van der Waals surface area contributed by atoms with Crippen LogP contribution in [0.4, 0.5) is 10.5 Å². The molecule has 3 aliphatic rings. The van der Waals surface area contributed by atoms with Gasteiger partial charge in [-0.3, -0.25) is 4.79 Å². The minimum absolute atomic E-state index is 0.00510. The molecule has 0 spiro atoms. The second-order valence-corrected chi connectivity index (χ2v) is 8.73. The van der Waals surface area contributed by atoms with Crippen molar-refractivity contribution >= 4 is 17.6 Å². The average molecular weight is 418 g/mol. The van der Waals surface area contributed by atoms with Crippen molar-refractivity contribution < 1.29 is 24.2 Å². The van der Waals surface area contributed by atoms with E-state index in [9.17, 15) is 14.7 Å². The number of ether oxygens (including phenoxy) is 2. The number of hydrogen-bond donors (Lipinski definition) is 3. The van der Waals surface area contributed by atoms with Gasteiger partial charge < -0.3 is 30.1 Å². The van der Waals surface area contributed by atoms with Crippen molar-refractivity contribution in [3.8, 4) is 5.75 Å². The van der Waals surface area contributed by atoms with E-state index in [0.29, 0.717) is 12.1 Å². The van der Waals surface area contributed by atoms with Crippen LogP contribution in [-0.2, 0) is 9.53 Å². The van der Waals surface area contributed by atoms with Crippen molar-refractivity contribution in [2.75, 3.05) is 26.0 Å². The molecule has 1 aromatic carbocycles. The van der Waals surface area contributed by atoms with Crippen LogP contribution in [-0.4, -0.2) is 67.0 Å². The molecule has 164 valence electrons. The number of carbonyl (C=O) groups is 2. The Balaban J connectivity index is 1.47. The lowest BCUT2D eigenvalue weighted by Crippen LogP contribution is -2.47. The average Bonchev–Trinajstić information content (AvgIpc) is 3.34. The molecule has 0 unspecified atom stereocenters. The van der Waals surface area contributed by atoms with Crippen LogP contribution in [0.5, 0.6) is 5.75 Å². The molecule has 1 saturated heterocycles. The van der Waals surface area contributed by atoms with Crippen LogP contribution in [0.15, 0.2) is 18.2 Å². The van der Waals surface area contributed by atoms with Crippen LogP contribution >= 0.6 is 0 Å². The van der Waals surface area contributed by atoms with Crippen molar-refractivity contribution in [3.05, 3.63) is 23.8 Å². The number of nitrogens with one attached hydrogen (secondary N) is 2. The Kier molecular flexibility index (Phi) is 6.15. The van der Waals surface area contributed by atoms with E-state index in [0.717, 1.165) is 37.0 Å². The first kappa shape index (κ1) is 20.9. The molecule has 8 nitrogen and oxygen atoms in total. The highest BCUT2D eigenvalue weighted by atomic mass is 16.6. The van der Waals surface area contributed by atoms with Crippen molar-refractivity contribution in [2.45, 2.75) is 68.8 Å². The third-order valence-electron chi connectivity index (χ3n) is 6.35. The number of urea groups is 1. The molecule has 2 fully saturated rings. The molecule has 4 rings (SSSR count). The Labute approximate surface area is 176 Å². The summed E-state index contributed by atoms with van der Waals surface area (Å²) in [5.41, 5.74) is 1.70. The zero-order valence-corrected chi connectivity index (χ0v) is 17.6. The number of anilines is 1. The molecular weight excluding hydrogens is 386 g/mol. The zero-order chi connectivity index (χ0) is 21.3. The van der Waals surface area contributed by atoms with Crippen molar-refractivity contribution in [1.29, 1.82) is 0 Å². The number of nitrogens with zero attached hydrogens (tertiary/aromatic N) is 1. The summed E-state index contributed by atoms with van der Waals surface area (Å²) in [6.07, 6.45) is 4.22. The van der Waals surface area contributed by atoms with Crippen molar-refractivity contribution in [3.63, 3.8) is 0 Å². The number of aliphatic hydroxyl groups excluding tert-OH is 1. The predicted octanol–water partition coefficient (Wildman–Crippen LogP) is 2.22. The number of benzene rings is 1. The van der Waals surface area contributed by atoms with Gasteiger partial charge in [0.25, 0.3) is 0 Å². The molecule has 0 radical (unpaired) electrons. The molecule has 3 amide bonds. The second kappa shape index (κ2) is 8.81. The third-order valence-corrected chi connectivity index (χ3v) is 6.35. The van der Waals surface area contributed by atoms with Gasteiger partial charge in [0.05, 0.1) is 19.1 Å². The quantitative estimate of drug-likeness (QED) is 0.682. The van der Waals surface area contributed by atoms with E-state index < -0.39 is 6.10 Å². The molecule has 30 heavy (non-hydrogen) atoms. The summed E-state index contributed by atoms with van der Waals surface area (Å²) < 4.78 is 12.0. The van der Waals surface area contributed by atoms with Crippen LogP contribution in [0, 0.1) is 0 Å². The number of carbonyl (C=O) groups excluding carboxylic acids is 2. The number of aliphatic hydroxyl groups is 1. The van der Waals surface area contributed by atoms with Gasteiger partial charge in [-0.15, -0.1) is 0 Å². The highest BCUT2D eigenvalue weighted by molar-refractivity contribution is 5.89. The van der Waals surface area contributed by atoms with Gasteiger partial charge in [-0.05, 0) is 37.5 Å². The van der Waals surface area contributed by atoms with Crippen LogP contribution in [0.1, 0.15) is 50.0 Å². The van der Waals surface area contributed by atoms with Gasteiger partial charge in [-0.25, -0.2) is 4.79 Å². The van der Waals surface area contributed by atoms with E-state index in [2.05, 4.69) is 10.6 Å². The Morgan fingerprint density at radius 2 is 2.00 bits per heavy atom. The zero-order valence-electron chi connectivity index (χ0n) is 17.6. The lowest BCUT2D eigenvalue weighted by molar-refractivity contribution is -0.147. The van der Waals surface area contributed by atoms with Crippen molar-refractivity contribution in [2.24, 2.45) is 0 Å². The summed E-state index contributed by atoms with van der Waals surface area (Å²) in [4.78, 5) is 26.0. The lowest BCUT2D eigenvalue weighted by Gasteiger charge is -2.37. The van der Waals surface area contributed by atoms with E-state index in [1.54, 1.807) is 19.0 Å². The molecule has 8 heteroatoms. The van der Waals surface area contributed by atoms with Gasteiger partial charge in [0, 0.05) is 37.3 Å². The largest absolute Gasteiger partial charge is 0.487 e. The standard InChI is InChI=1S/C22H31N3O5/c1-25(2)20(27)11-15-10-17-16-9-14(24-22(28)23-13-5-3-4-6-13)7-8-18(16)30-21(17)19(12-26)29-15/h7-9,13,15,17,19,21,26H,3-6,10-12H2,1-2H3,(H2,23,24,28)/t15-,17-,19-,21+/m1/s1. The van der Waals surface area contributed by atoms with Crippen LogP contribution < -0.4 is 15.4 Å². The number of hydrogen-bond acceptors (Lipinski definition) is 5. The molecule has 2 heterocycles. The van der Waals surface area contributed by atoms with Gasteiger partial charge in [0.2, 0.25) is 5.91 Å². The van der Waals surface area contributed by atoms with Gasteiger partial charge in [0.1, 0.15) is 18.0 Å². The van der Waals surface area contributed by atoms with Crippen molar-refractivity contribution in [1.82, 2.24) is 10.2 Å². The Morgan fingerprint density at radius 3 is 2.70 bits per heavy atom. The minimum atomic E-state index is -0.488. The monoisotopic (exact) mass is 417 g/mol. The second-order valence-electron chi connectivity index (χ2n) is 8.73. The lowest BCUT2D eigenvalue weighted by atomic mass is 9.84. The molecule has 0 aromatic heterocycles. The molecule has 4 atom stereocenters. The first-order valence-electron chi connectivity index (χ1n) is 10.8. The number of amides is 3. The molecule has 1 aromatic rings. The van der Waals surface area contributed by atoms with E-state index in [1.807, 2.05) is 18.2 Å².